The first kappa shape index (κ1) is 14.4. The lowest BCUT2D eigenvalue weighted by molar-refractivity contribution is 0.163. The summed E-state index contributed by atoms with van der Waals surface area (Å²) in [5, 5.41) is 10.2. The Kier molecular flexibility index (Phi) is 5.71. The van der Waals surface area contributed by atoms with E-state index in [1.165, 1.54) is 31.2 Å². The first-order valence-corrected chi connectivity index (χ1v) is 7.75. The minimum Gasteiger partial charge on any atom is -0.493 e. The van der Waals surface area contributed by atoms with E-state index >= 15 is 0 Å². The van der Waals surface area contributed by atoms with Crippen molar-refractivity contribution in [3.8, 4) is 5.75 Å². The molecule has 0 saturated carbocycles. The zero-order valence-corrected chi connectivity index (χ0v) is 12.0. The maximum absolute atomic E-state index is 10.2. The third-order valence-electron chi connectivity index (χ3n) is 3.90. The summed E-state index contributed by atoms with van der Waals surface area (Å²) in [6.45, 7) is 3.05. The highest BCUT2D eigenvalue weighted by molar-refractivity contribution is 5.39. The van der Waals surface area contributed by atoms with Crippen molar-refractivity contribution < 1.29 is 9.84 Å². The van der Waals surface area contributed by atoms with Crippen LogP contribution in [0.5, 0.6) is 5.75 Å². The third kappa shape index (κ3) is 4.24. The highest BCUT2D eigenvalue weighted by atomic mass is 16.5. The highest BCUT2D eigenvalue weighted by Gasteiger charge is 2.14. The van der Waals surface area contributed by atoms with Crippen LogP contribution in [0.25, 0.3) is 0 Å². The van der Waals surface area contributed by atoms with Crippen LogP contribution in [-0.2, 0) is 6.42 Å². The van der Waals surface area contributed by atoms with E-state index in [2.05, 4.69) is 13.0 Å². The van der Waals surface area contributed by atoms with E-state index in [1.54, 1.807) is 0 Å². The predicted molar refractivity (Wildman–Crippen MR) is 78.6 cm³/mol. The van der Waals surface area contributed by atoms with Crippen LogP contribution in [0.1, 0.15) is 69.1 Å². The van der Waals surface area contributed by atoms with Crippen LogP contribution >= 0.6 is 0 Å². The highest BCUT2D eigenvalue weighted by Crippen LogP contribution is 2.29. The van der Waals surface area contributed by atoms with E-state index in [0.29, 0.717) is 0 Å². The normalized spacial score (nSPS) is 15.7. The minimum absolute atomic E-state index is 0.311. The lowest BCUT2D eigenvalue weighted by Gasteiger charge is -2.19. The zero-order valence-electron chi connectivity index (χ0n) is 12.0. The molecule has 106 valence electrons. The summed E-state index contributed by atoms with van der Waals surface area (Å²) in [5.74, 6) is 1.00. The second-order valence-electron chi connectivity index (χ2n) is 5.54. The Balaban J connectivity index is 1.83. The van der Waals surface area contributed by atoms with Gasteiger partial charge in [-0.25, -0.2) is 0 Å². The van der Waals surface area contributed by atoms with Crippen molar-refractivity contribution in [3.63, 3.8) is 0 Å². The quantitative estimate of drug-likeness (QED) is 0.738. The Hall–Kier alpha value is -1.02. The molecule has 0 spiro atoms. The number of fused-ring (bicyclic) bond motifs is 1. The van der Waals surface area contributed by atoms with Gasteiger partial charge in [-0.3, -0.25) is 0 Å². The van der Waals surface area contributed by atoms with Gasteiger partial charge in [0.05, 0.1) is 12.7 Å². The molecule has 1 atom stereocenters. The molecule has 0 saturated heterocycles. The van der Waals surface area contributed by atoms with Crippen LogP contribution in [0.3, 0.4) is 0 Å². The molecule has 0 amide bonds. The van der Waals surface area contributed by atoms with Gasteiger partial charge in [-0.05, 0) is 42.5 Å². The van der Waals surface area contributed by atoms with Crippen molar-refractivity contribution in [3.05, 3.63) is 29.3 Å². The monoisotopic (exact) mass is 262 g/mol. The summed E-state index contributed by atoms with van der Waals surface area (Å²) < 4.78 is 5.60. The van der Waals surface area contributed by atoms with E-state index in [-0.39, 0.29) is 6.10 Å². The second kappa shape index (κ2) is 7.54. The largest absolute Gasteiger partial charge is 0.493 e. The van der Waals surface area contributed by atoms with Crippen LogP contribution in [0.4, 0.5) is 0 Å². The van der Waals surface area contributed by atoms with Crippen molar-refractivity contribution >= 4 is 0 Å². The number of hydrogen-bond donors (Lipinski definition) is 1. The summed E-state index contributed by atoms with van der Waals surface area (Å²) >= 11 is 0. The lowest BCUT2D eigenvalue weighted by atomic mass is 9.97. The van der Waals surface area contributed by atoms with E-state index in [1.807, 2.05) is 12.1 Å². The Morgan fingerprint density at radius 3 is 2.89 bits per heavy atom. The van der Waals surface area contributed by atoms with Gasteiger partial charge >= 0.3 is 0 Å². The smallest absolute Gasteiger partial charge is 0.122 e. The SMILES string of the molecule is CCCCCCCC(O)c1ccc2c(c1)CCCO2. The number of hydrogen-bond acceptors (Lipinski definition) is 2. The summed E-state index contributed by atoms with van der Waals surface area (Å²) in [5.41, 5.74) is 2.31. The van der Waals surface area contributed by atoms with Gasteiger partial charge in [-0.1, -0.05) is 45.1 Å². The van der Waals surface area contributed by atoms with E-state index in [4.69, 9.17) is 4.74 Å². The Bertz CT molecular complexity index is 387. The minimum atomic E-state index is -0.311. The molecule has 0 aromatic heterocycles. The summed E-state index contributed by atoms with van der Waals surface area (Å²) in [6, 6.07) is 6.16. The van der Waals surface area contributed by atoms with E-state index < -0.39 is 0 Å². The standard InChI is InChI=1S/C17H26O2/c1-2-3-4-5-6-9-16(18)14-10-11-17-15(13-14)8-7-12-19-17/h10-11,13,16,18H,2-9,12H2,1H3. The fraction of sp³-hybridized carbons (Fsp3) is 0.647. The van der Waals surface area contributed by atoms with Crippen LogP contribution in [-0.4, -0.2) is 11.7 Å². The molecular formula is C17H26O2. The maximum Gasteiger partial charge on any atom is 0.122 e. The Labute approximate surface area is 116 Å². The molecular weight excluding hydrogens is 236 g/mol. The Morgan fingerprint density at radius 1 is 1.21 bits per heavy atom. The number of unbranched alkanes of at least 4 members (excludes halogenated alkanes) is 4. The molecule has 0 bridgehead atoms. The third-order valence-corrected chi connectivity index (χ3v) is 3.90. The molecule has 1 unspecified atom stereocenters. The van der Waals surface area contributed by atoms with E-state index in [9.17, 15) is 5.11 Å². The van der Waals surface area contributed by atoms with Crippen LogP contribution < -0.4 is 4.74 Å². The molecule has 1 N–H and O–H groups in total. The second-order valence-corrected chi connectivity index (χ2v) is 5.54. The van der Waals surface area contributed by atoms with Crippen LogP contribution in [0.15, 0.2) is 18.2 Å². The average molecular weight is 262 g/mol. The first-order valence-electron chi connectivity index (χ1n) is 7.75. The molecule has 1 aromatic carbocycles. The molecule has 2 rings (SSSR count). The van der Waals surface area contributed by atoms with Gasteiger partial charge in [0.1, 0.15) is 5.75 Å². The van der Waals surface area contributed by atoms with Gasteiger partial charge in [0.25, 0.3) is 0 Å². The van der Waals surface area contributed by atoms with Gasteiger partial charge in [0.2, 0.25) is 0 Å². The molecule has 1 aromatic rings. The number of benzene rings is 1. The number of aliphatic hydroxyl groups excluding tert-OH is 1. The maximum atomic E-state index is 10.2. The molecule has 19 heavy (non-hydrogen) atoms. The lowest BCUT2D eigenvalue weighted by Crippen LogP contribution is -2.09. The summed E-state index contributed by atoms with van der Waals surface area (Å²) in [4.78, 5) is 0. The van der Waals surface area contributed by atoms with Gasteiger partial charge < -0.3 is 9.84 Å². The molecule has 1 aliphatic rings. The molecule has 0 fully saturated rings. The average Bonchev–Trinajstić information content (AvgIpc) is 2.46. The molecule has 1 aliphatic heterocycles. The van der Waals surface area contributed by atoms with Gasteiger partial charge in [0.15, 0.2) is 0 Å². The summed E-state index contributed by atoms with van der Waals surface area (Å²) in [6.07, 6.45) is 8.96. The fourth-order valence-corrected chi connectivity index (χ4v) is 2.70. The van der Waals surface area contributed by atoms with Crippen molar-refractivity contribution in [2.24, 2.45) is 0 Å². The van der Waals surface area contributed by atoms with Gasteiger partial charge in [-0.15, -0.1) is 0 Å². The first-order chi connectivity index (χ1) is 9.31. The van der Waals surface area contributed by atoms with Crippen molar-refractivity contribution in [1.29, 1.82) is 0 Å². The molecule has 1 heterocycles. The molecule has 2 nitrogen and oxygen atoms in total. The number of rotatable bonds is 7. The number of ether oxygens (including phenoxy) is 1. The number of aliphatic hydroxyl groups is 1. The molecule has 2 heteroatoms. The predicted octanol–water partition coefficient (Wildman–Crippen LogP) is 4.41. The molecule has 0 aliphatic carbocycles. The van der Waals surface area contributed by atoms with Crippen molar-refractivity contribution in [2.75, 3.05) is 6.61 Å². The molecule has 0 radical (unpaired) electrons. The van der Waals surface area contributed by atoms with Crippen molar-refractivity contribution in [2.45, 2.75) is 64.4 Å². The van der Waals surface area contributed by atoms with Crippen LogP contribution in [0, 0.1) is 0 Å². The fourth-order valence-electron chi connectivity index (χ4n) is 2.70. The van der Waals surface area contributed by atoms with Crippen LogP contribution in [0.2, 0.25) is 0 Å². The Morgan fingerprint density at radius 2 is 2.05 bits per heavy atom. The van der Waals surface area contributed by atoms with Gasteiger partial charge in [0, 0.05) is 0 Å². The van der Waals surface area contributed by atoms with E-state index in [0.717, 1.165) is 43.6 Å². The number of aryl methyl sites for hydroxylation is 1. The topological polar surface area (TPSA) is 29.5 Å². The van der Waals surface area contributed by atoms with Gasteiger partial charge in [-0.2, -0.15) is 0 Å². The zero-order chi connectivity index (χ0) is 13.5. The van der Waals surface area contributed by atoms with Crippen molar-refractivity contribution in [1.82, 2.24) is 0 Å². The summed E-state index contributed by atoms with van der Waals surface area (Å²) in [7, 11) is 0.